The second-order valence-electron chi connectivity index (χ2n) is 7.98. The highest BCUT2D eigenvalue weighted by Crippen LogP contribution is 2.38. The lowest BCUT2D eigenvalue weighted by Crippen LogP contribution is -2.33. The Bertz CT molecular complexity index is 1310. The summed E-state index contributed by atoms with van der Waals surface area (Å²) >= 11 is 6.10. The van der Waals surface area contributed by atoms with Crippen LogP contribution in [0.3, 0.4) is 0 Å². The Balaban J connectivity index is 1.59. The smallest absolute Gasteiger partial charge is 0.282 e. The standard InChI is InChI=1S/C26H21ClN2O4/c1-15-3-5-17(6-4-15)23-24(28-19-8-10-21-22(14-19)33-12-11-32-21)26(31)29(25(23)30)20-9-7-18(27)13-16(20)2/h3-10,13-14,28H,11-12H2,1-2H3. The summed E-state index contributed by atoms with van der Waals surface area (Å²) in [5, 5.41) is 3.71. The predicted molar refractivity (Wildman–Crippen MR) is 128 cm³/mol. The number of halogens is 1. The molecule has 2 amide bonds. The van der Waals surface area contributed by atoms with Crippen LogP contribution in [0, 0.1) is 13.8 Å². The molecule has 6 nitrogen and oxygen atoms in total. The summed E-state index contributed by atoms with van der Waals surface area (Å²) in [5.74, 6) is 0.405. The molecule has 0 saturated carbocycles. The minimum Gasteiger partial charge on any atom is -0.486 e. The van der Waals surface area contributed by atoms with E-state index in [0.29, 0.717) is 52.2 Å². The molecule has 2 aliphatic rings. The molecule has 2 aliphatic heterocycles. The fourth-order valence-electron chi connectivity index (χ4n) is 3.99. The van der Waals surface area contributed by atoms with Crippen molar-refractivity contribution in [3.63, 3.8) is 0 Å². The minimum absolute atomic E-state index is 0.204. The zero-order chi connectivity index (χ0) is 23.1. The van der Waals surface area contributed by atoms with Gasteiger partial charge in [0.2, 0.25) is 0 Å². The van der Waals surface area contributed by atoms with Crippen LogP contribution in [0.1, 0.15) is 16.7 Å². The molecule has 0 spiro atoms. The first-order valence-corrected chi connectivity index (χ1v) is 10.9. The second kappa shape index (κ2) is 8.30. The third-order valence-electron chi connectivity index (χ3n) is 5.64. The number of carbonyl (C=O) groups excluding carboxylic acids is 2. The van der Waals surface area contributed by atoms with Crippen molar-refractivity contribution in [3.8, 4) is 11.5 Å². The fourth-order valence-corrected chi connectivity index (χ4v) is 4.21. The first-order chi connectivity index (χ1) is 15.9. The third-order valence-corrected chi connectivity index (χ3v) is 5.87. The summed E-state index contributed by atoms with van der Waals surface area (Å²) in [4.78, 5) is 28.4. The normalized spacial score (nSPS) is 15.3. The van der Waals surface area contributed by atoms with Crippen LogP contribution in [0.15, 0.2) is 66.4 Å². The molecule has 3 aromatic rings. The molecule has 0 atom stereocenters. The van der Waals surface area contributed by atoms with Gasteiger partial charge in [-0.1, -0.05) is 41.4 Å². The number of nitrogens with zero attached hydrogens (tertiary/aromatic N) is 1. The predicted octanol–water partition coefficient (Wildman–Crippen LogP) is 5.12. The molecule has 0 aromatic heterocycles. The Labute approximate surface area is 196 Å². The van der Waals surface area contributed by atoms with E-state index < -0.39 is 11.8 Å². The van der Waals surface area contributed by atoms with Crippen molar-refractivity contribution < 1.29 is 19.1 Å². The molecule has 0 unspecified atom stereocenters. The molecule has 2 heterocycles. The summed E-state index contributed by atoms with van der Waals surface area (Å²) in [5.41, 5.74) is 4.08. The van der Waals surface area contributed by atoms with E-state index in [1.165, 1.54) is 4.90 Å². The fraction of sp³-hybridized carbons (Fsp3) is 0.154. The number of anilines is 2. The molecule has 0 saturated heterocycles. The number of benzene rings is 3. The zero-order valence-electron chi connectivity index (χ0n) is 18.1. The monoisotopic (exact) mass is 460 g/mol. The molecule has 166 valence electrons. The molecule has 33 heavy (non-hydrogen) atoms. The molecule has 5 rings (SSSR count). The van der Waals surface area contributed by atoms with Crippen molar-refractivity contribution in [3.05, 3.63) is 88.1 Å². The van der Waals surface area contributed by atoms with E-state index in [-0.39, 0.29) is 5.70 Å². The second-order valence-corrected chi connectivity index (χ2v) is 8.41. The van der Waals surface area contributed by atoms with Crippen molar-refractivity contribution >= 4 is 40.4 Å². The van der Waals surface area contributed by atoms with E-state index in [4.69, 9.17) is 21.1 Å². The SMILES string of the molecule is Cc1ccc(C2=C(Nc3ccc4c(c3)OCCO4)C(=O)N(c3ccc(Cl)cc3C)C2=O)cc1. The van der Waals surface area contributed by atoms with Gasteiger partial charge in [0.25, 0.3) is 11.8 Å². The van der Waals surface area contributed by atoms with Gasteiger partial charge in [-0.05, 0) is 55.3 Å². The van der Waals surface area contributed by atoms with Crippen LogP contribution < -0.4 is 19.7 Å². The van der Waals surface area contributed by atoms with Crippen LogP contribution in [-0.2, 0) is 9.59 Å². The summed E-state index contributed by atoms with van der Waals surface area (Å²) in [6.45, 7) is 4.73. The van der Waals surface area contributed by atoms with Crippen LogP contribution in [0.25, 0.3) is 5.57 Å². The van der Waals surface area contributed by atoms with Gasteiger partial charge in [0.05, 0.1) is 11.3 Å². The molecule has 0 aliphatic carbocycles. The van der Waals surface area contributed by atoms with Gasteiger partial charge >= 0.3 is 0 Å². The van der Waals surface area contributed by atoms with Crippen molar-refractivity contribution in [1.29, 1.82) is 0 Å². The number of carbonyl (C=O) groups is 2. The summed E-state index contributed by atoms with van der Waals surface area (Å²) < 4.78 is 11.2. The summed E-state index contributed by atoms with van der Waals surface area (Å²) in [7, 11) is 0. The van der Waals surface area contributed by atoms with E-state index in [1.807, 2.05) is 38.1 Å². The number of fused-ring (bicyclic) bond motifs is 1. The molecule has 0 bridgehead atoms. The number of ether oxygens (including phenoxy) is 2. The number of hydrogen-bond acceptors (Lipinski definition) is 5. The largest absolute Gasteiger partial charge is 0.486 e. The van der Waals surface area contributed by atoms with E-state index in [2.05, 4.69) is 5.32 Å². The van der Waals surface area contributed by atoms with Crippen LogP contribution >= 0.6 is 11.6 Å². The highest BCUT2D eigenvalue weighted by atomic mass is 35.5. The Hall–Kier alpha value is -3.77. The quantitative estimate of drug-likeness (QED) is 0.547. The van der Waals surface area contributed by atoms with Crippen LogP contribution in [0.2, 0.25) is 5.02 Å². The van der Waals surface area contributed by atoms with Crippen molar-refractivity contribution in [2.24, 2.45) is 0 Å². The van der Waals surface area contributed by atoms with Gasteiger partial charge in [-0.3, -0.25) is 9.59 Å². The maximum atomic E-state index is 13.6. The third kappa shape index (κ3) is 3.83. The van der Waals surface area contributed by atoms with Crippen LogP contribution in [-0.4, -0.2) is 25.0 Å². The first kappa shape index (κ1) is 21.1. The van der Waals surface area contributed by atoms with Gasteiger partial charge in [0.1, 0.15) is 18.9 Å². The van der Waals surface area contributed by atoms with E-state index in [9.17, 15) is 9.59 Å². The average molecular weight is 461 g/mol. The molecule has 3 aromatic carbocycles. The van der Waals surface area contributed by atoms with E-state index in [0.717, 1.165) is 11.1 Å². The van der Waals surface area contributed by atoms with Crippen molar-refractivity contribution in [2.45, 2.75) is 13.8 Å². The minimum atomic E-state index is -0.434. The lowest BCUT2D eigenvalue weighted by Gasteiger charge is -2.20. The highest BCUT2D eigenvalue weighted by Gasteiger charge is 2.41. The van der Waals surface area contributed by atoms with Gasteiger partial charge in [-0.15, -0.1) is 0 Å². The molecule has 1 N–H and O–H groups in total. The number of hydrogen-bond donors (Lipinski definition) is 1. The maximum absolute atomic E-state index is 13.6. The lowest BCUT2D eigenvalue weighted by atomic mass is 10.0. The van der Waals surface area contributed by atoms with Gasteiger partial charge in [0, 0.05) is 16.8 Å². The average Bonchev–Trinajstić information content (AvgIpc) is 3.04. The Kier molecular flexibility index (Phi) is 5.30. The topological polar surface area (TPSA) is 67.9 Å². The number of aryl methyl sites for hydroxylation is 2. The maximum Gasteiger partial charge on any atom is 0.282 e. The Morgan fingerprint density at radius 3 is 2.30 bits per heavy atom. The molecule has 0 fully saturated rings. The lowest BCUT2D eigenvalue weighted by molar-refractivity contribution is -0.120. The van der Waals surface area contributed by atoms with Crippen LogP contribution in [0.5, 0.6) is 11.5 Å². The van der Waals surface area contributed by atoms with Gasteiger partial charge in [-0.25, -0.2) is 4.90 Å². The van der Waals surface area contributed by atoms with Crippen LogP contribution in [0.4, 0.5) is 11.4 Å². The van der Waals surface area contributed by atoms with Gasteiger partial charge in [-0.2, -0.15) is 0 Å². The Morgan fingerprint density at radius 1 is 0.848 bits per heavy atom. The van der Waals surface area contributed by atoms with Crippen molar-refractivity contribution in [1.82, 2.24) is 0 Å². The van der Waals surface area contributed by atoms with Gasteiger partial charge in [0.15, 0.2) is 11.5 Å². The Morgan fingerprint density at radius 2 is 1.58 bits per heavy atom. The molecule has 0 radical (unpaired) electrons. The van der Waals surface area contributed by atoms with E-state index >= 15 is 0 Å². The van der Waals surface area contributed by atoms with E-state index in [1.54, 1.807) is 36.4 Å². The number of nitrogens with one attached hydrogen (secondary N) is 1. The summed E-state index contributed by atoms with van der Waals surface area (Å²) in [6.07, 6.45) is 0. The number of imide groups is 1. The molecule has 7 heteroatoms. The van der Waals surface area contributed by atoms with Crippen molar-refractivity contribution in [2.75, 3.05) is 23.4 Å². The first-order valence-electron chi connectivity index (χ1n) is 10.6. The number of amides is 2. The van der Waals surface area contributed by atoms with Gasteiger partial charge < -0.3 is 14.8 Å². The zero-order valence-corrected chi connectivity index (χ0v) is 18.9. The highest BCUT2D eigenvalue weighted by molar-refractivity contribution is 6.46. The summed E-state index contributed by atoms with van der Waals surface area (Å²) in [6, 6.07) is 18.0. The molecular formula is C26H21ClN2O4. The molecular weight excluding hydrogens is 440 g/mol. The number of rotatable bonds is 4.